The average Bonchev–Trinajstić information content (AvgIpc) is 2.41. The van der Waals surface area contributed by atoms with Crippen molar-refractivity contribution in [1.29, 1.82) is 0 Å². The quantitative estimate of drug-likeness (QED) is 0.667. The first-order chi connectivity index (χ1) is 9.52. The molecule has 1 aromatic carbocycles. The lowest BCUT2D eigenvalue weighted by atomic mass is 9.99. The Kier molecular flexibility index (Phi) is 4.42. The lowest BCUT2D eigenvalue weighted by molar-refractivity contribution is 0.477. The zero-order valence-corrected chi connectivity index (χ0v) is 11.5. The van der Waals surface area contributed by atoms with Crippen molar-refractivity contribution in [3.63, 3.8) is 0 Å². The van der Waals surface area contributed by atoms with Gasteiger partial charge in [-0.05, 0) is 43.0 Å². The highest BCUT2D eigenvalue weighted by Gasteiger charge is 2.18. The molecule has 1 aromatic heterocycles. The van der Waals surface area contributed by atoms with Crippen molar-refractivity contribution in [1.82, 2.24) is 10.4 Å². The predicted molar refractivity (Wildman–Crippen MR) is 73.8 cm³/mol. The Balaban J connectivity index is 2.31. The molecule has 1 heterocycles. The van der Waals surface area contributed by atoms with E-state index in [4.69, 9.17) is 5.84 Å². The van der Waals surface area contributed by atoms with E-state index in [9.17, 15) is 8.78 Å². The van der Waals surface area contributed by atoms with E-state index in [0.29, 0.717) is 0 Å². The first-order valence-electron chi connectivity index (χ1n) is 6.35. The van der Waals surface area contributed by atoms with E-state index in [-0.39, 0.29) is 18.0 Å². The van der Waals surface area contributed by atoms with Gasteiger partial charge in [-0.15, -0.1) is 0 Å². The number of hydrazine groups is 1. The molecule has 0 bridgehead atoms. The number of halogens is 2. The maximum atomic E-state index is 13.7. The fraction of sp³-hybridized carbons (Fsp3) is 0.267. The maximum Gasteiger partial charge on any atom is 0.162 e. The third-order valence-corrected chi connectivity index (χ3v) is 3.24. The molecule has 0 saturated heterocycles. The Labute approximate surface area is 116 Å². The molecule has 0 aliphatic rings. The van der Waals surface area contributed by atoms with Gasteiger partial charge in [0.2, 0.25) is 0 Å². The Morgan fingerprint density at radius 2 is 2.05 bits per heavy atom. The van der Waals surface area contributed by atoms with Crippen LogP contribution in [-0.2, 0) is 6.42 Å². The van der Waals surface area contributed by atoms with Crippen LogP contribution >= 0.6 is 0 Å². The monoisotopic (exact) mass is 277 g/mol. The van der Waals surface area contributed by atoms with Crippen LogP contribution < -0.4 is 11.3 Å². The normalized spacial score (nSPS) is 12.4. The van der Waals surface area contributed by atoms with Crippen molar-refractivity contribution in [3.05, 3.63) is 64.5 Å². The van der Waals surface area contributed by atoms with Crippen molar-refractivity contribution in [2.75, 3.05) is 0 Å². The summed E-state index contributed by atoms with van der Waals surface area (Å²) >= 11 is 0. The summed E-state index contributed by atoms with van der Waals surface area (Å²) < 4.78 is 26.9. The molecule has 3 N–H and O–H groups in total. The molecule has 0 amide bonds. The second kappa shape index (κ2) is 6.07. The number of nitrogens with one attached hydrogen (secondary N) is 1. The SMILES string of the molecule is Cc1cnc(C(Cc2cccc(F)c2F)NN)c(C)c1. The predicted octanol–water partition coefficient (Wildman–Crippen LogP) is 2.72. The van der Waals surface area contributed by atoms with Crippen LogP contribution in [-0.4, -0.2) is 4.98 Å². The van der Waals surface area contributed by atoms with Crippen LogP contribution in [0.5, 0.6) is 0 Å². The van der Waals surface area contributed by atoms with E-state index in [1.54, 1.807) is 12.3 Å². The molecule has 0 saturated carbocycles. The highest BCUT2D eigenvalue weighted by molar-refractivity contribution is 5.28. The van der Waals surface area contributed by atoms with Crippen LogP contribution in [0.2, 0.25) is 0 Å². The van der Waals surface area contributed by atoms with Crippen LogP contribution in [0.15, 0.2) is 30.5 Å². The molecule has 5 heteroatoms. The van der Waals surface area contributed by atoms with Gasteiger partial charge < -0.3 is 0 Å². The molecule has 0 spiro atoms. The molecular formula is C15H17F2N3. The topological polar surface area (TPSA) is 50.9 Å². The van der Waals surface area contributed by atoms with E-state index in [1.165, 1.54) is 6.07 Å². The summed E-state index contributed by atoms with van der Waals surface area (Å²) in [6.07, 6.45) is 1.96. The summed E-state index contributed by atoms with van der Waals surface area (Å²) in [5.41, 5.74) is 5.64. The number of hydrogen-bond donors (Lipinski definition) is 2. The maximum absolute atomic E-state index is 13.7. The molecular weight excluding hydrogens is 260 g/mol. The third kappa shape index (κ3) is 3.00. The van der Waals surface area contributed by atoms with Gasteiger partial charge >= 0.3 is 0 Å². The second-order valence-corrected chi connectivity index (χ2v) is 4.85. The van der Waals surface area contributed by atoms with Crippen molar-refractivity contribution >= 4 is 0 Å². The molecule has 0 aliphatic heterocycles. The van der Waals surface area contributed by atoms with Crippen molar-refractivity contribution in [2.45, 2.75) is 26.3 Å². The number of aromatic nitrogens is 1. The number of aryl methyl sites for hydroxylation is 2. The molecule has 1 unspecified atom stereocenters. The summed E-state index contributed by atoms with van der Waals surface area (Å²) in [6.45, 7) is 3.86. The summed E-state index contributed by atoms with van der Waals surface area (Å²) in [5.74, 6) is 3.85. The zero-order valence-electron chi connectivity index (χ0n) is 11.5. The second-order valence-electron chi connectivity index (χ2n) is 4.85. The summed E-state index contributed by atoms with van der Waals surface area (Å²) in [4.78, 5) is 4.34. The van der Waals surface area contributed by atoms with Gasteiger partial charge in [0.1, 0.15) is 0 Å². The fourth-order valence-corrected chi connectivity index (χ4v) is 2.25. The largest absolute Gasteiger partial charge is 0.271 e. The summed E-state index contributed by atoms with van der Waals surface area (Å²) in [5, 5.41) is 0. The molecule has 20 heavy (non-hydrogen) atoms. The molecule has 0 fully saturated rings. The Bertz CT molecular complexity index is 614. The van der Waals surface area contributed by atoms with E-state index < -0.39 is 11.6 Å². The number of nitrogens with zero attached hydrogens (tertiary/aromatic N) is 1. The number of pyridine rings is 1. The molecule has 106 valence electrons. The lowest BCUT2D eigenvalue weighted by Gasteiger charge is -2.18. The number of rotatable bonds is 4. The Hall–Kier alpha value is -1.85. The van der Waals surface area contributed by atoms with Crippen LogP contribution in [0, 0.1) is 25.5 Å². The minimum Gasteiger partial charge on any atom is -0.271 e. The minimum absolute atomic E-state index is 0.233. The minimum atomic E-state index is -0.855. The summed E-state index contributed by atoms with van der Waals surface area (Å²) in [7, 11) is 0. The van der Waals surface area contributed by atoms with Crippen molar-refractivity contribution in [3.8, 4) is 0 Å². The average molecular weight is 277 g/mol. The van der Waals surface area contributed by atoms with Crippen molar-refractivity contribution < 1.29 is 8.78 Å². The van der Waals surface area contributed by atoms with Crippen molar-refractivity contribution in [2.24, 2.45) is 5.84 Å². The molecule has 0 radical (unpaired) electrons. The smallest absolute Gasteiger partial charge is 0.162 e. The zero-order chi connectivity index (χ0) is 14.7. The number of nitrogens with two attached hydrogens (primary N) is 1. The van der Waals surface area contributed by atoms with Crippen LogP contribution in [0.4, 0.5) is 8.78 Å². The Morgan fingerprint density at radius 1 is 1.30 bits per heavy atom. The first-order valence-corrected chi connectivity index (χ1v) is 6.35. The highest BCUT2D eigenvalue weighted by Crippen LogP contribution is 2.22. The van der Waals surface area contributed by atoms with Gasteiger partial charge in [0.05, 0.1) is 11.7 Å². The van der Waals surface area contributed by atoms with Gasteiger partial charge in [-0.25, -0.2) is 8.78 Å². The number of hydrogen-bond acceptors (Lipinski definition) is 3. The van der Waals surface area contributed by atoms with Gasteiger partial charge in [-0.1, -0.05) is 18.2 Å². The van der Waals surface area contributed by atoms with E-state index in [0.717, 1.165) is 22.9 Å². The van der Waals surface area contributed by atoms with Gasteiger partial charge in [0.15, 0.2) is 11.6 Å². The Morgan fingerprint density at radius 3 is 2.70 bits per heavy atom. The third-order valence-electron chi connectivity index (χ3n) is 3.24. The lowest BCUT2D eigenvalue weighted by Crippen LogP contribution is -2.31. The van der Waals surface area contributed by atoms with Gasteiger partial charge in [0.25, 0.3) is 0 Å². The molecule has 0 aliphatic carbocycles. The van der Waals surface area contributed by atoms with Crippen LogP contribution in [0.25, 0.3) is 0 Å². The molecule has 2 aromatic rings. The standard InChI is InChI=1S/C15H17F2N3/c1-9-6-10(2)15(19-8-9)13(20-18)7-11-4-3-5-12(16)14(11)17/h3-6,8,13,20H,7,18H2,1-2H3. The van der Waals surface area contributed by atoms with E-state index >= 15 is 0 Å². The van der Waals surface area contributed by atoms with Gasteiger partial charge in [-0.3, -0.25) is 16.3 Å². The van der Waals surface area contributed by atoms with E-state index in [1.807, 2.05) is 19.9 Å². The van der Waals surface area contributed by atoms with Crippen LogP contribution in [0.3, 0.4) is 0 Å². The highest BCUT2D eigenvalue weighted by atomic mass is 19.2. The first kappa shape index (κ1) is 14.6. The van der Waals surface area contributed by atoms with Gasteiger partial charge in [0, 0.05) is 6.20 Å². The van der Waals surface area contributed by atoms with Gasteiger partial charge in [-0.2, -0.15) is 0 Å². The molecule has 3 nitrogen and oxygen atoms in total. The van der Waals surface area contributed by atoms with Crippen LogP contribution in [0.1, 0.15) is 28.4 Å². The van der Waals surface area contributed by atoms with E-state index in [2.05, 4.69) is 10.4 Å². The fourth-order valence-electron chi connectivity index (χ4n) is 2.25. The molecule has 2 rings (SSSR count). The number of benzene rings is 1. The molecule has 1 atom stereocenters. The summed E-state index contributed by atoms with van der Waals surface area (Å²) in [6, 6.07) is 5.74.